The molecule has 0 atom stereocenters. The lowest BCUT2D eigenvalue weighted by Gasteiger charge is -2.07. The molecule has 0 fully saturated rings. The van der Waals surface area contributed by atoms with Gasteiger partial charge < -0.3 is 8.98 Å². The summed E-state index contributed by atoms with van der Waals surface area (Å²) in [5.74, 6) is 0. The van der Waals surface area contributed by atoms with Gasteiger partial charge in [0.2, 0.25) is 5.71 Å². The lowest BCUT2D eigenvalue weighted by molar-refractivity contribution is 0.654. The third kappa shape index (κ3) is 2.31. The fourth-order valence-corrected chi connectivity index (χ4v) is 3.83. The van der Waals surface area contributed by atoms with Crippen LogP contribution in [-0.2, 0) is 0 Å². The van der Waals surface area contributed by atoms with Crippen molar-refractivity contribution >= 4 is 43.9 Å². The first-order chi connectivity index (χ1) is 13.9. The first-order valence-electron chi connectivity index (χ1n) is 9.51. The highest BCUT2D eigenvalue weighted by molar-refractivity contribution is 6.10. The third-order valence-corrected chi connectivity index (χ3v) is 4.96. The number of pyridine rings is 2. The molecule has 4 nitrogen and oxygen atoms in total. The highest BCUT2D eigenvalue weighted by Gasteiger charge is 2.14. The summed E-state index contributed by atoms with van der Waals surface area (Å²) in [6, 6.07) is 20.8. The number of nitrogens with zero attached hydrogens (tertiary/aromatic N) is 3. The summed E-state index contributed by atoms with van der Waals surface area (Å²) in [6.45, 7) is 4.00. The second kappa shape index (κ2) is 6.50. The summed E-state index contributed by atoms with van der Waals surface area (Å²) < 4.78 is 8.15. The van der Waals surface area contributed by atoms with E-state index in [-0.39, 0.29) is 0 Å². The normalized spacial score (nSPS) is 11.2. The molecular formula is C24H19N3O. The van der Waals surface area contributed by atoms with Gasteiger partial charge in [-0.15, -0.1) is 0 Å². The molecule has 0 N–H and O–H groups in total. The Labute approximate surface area is 162 Å². The molecular weight excluding hydrogens is 346 g/mol. The number of aromatic nitrogens is 3. The van der Waals surface area contributed by atoms with Crippen molar-refractivity contribution in [3.05, 3.63) is 79.3 Å². The third-order valence-electron chi connectivity index (χ3n) is 4.96. The average molecular weight is 365 g/mol. The standard InChI is InChI=1S/C22H13N3O.C2H6/c1-2-6-19-15(4-1)18-13-23-11-9-20(18)25(19)14-7-8-21-17(12-14)16-5-3-10-24-22(16)26-21;1-2/h1-13H;1-2H3. The Kier molecular flexibility index (Phi) is 3.83. The first-order valence-corrected chi connectivity index (χ1v) is 9.51. The molecule has 2 aromatic carbocycles. The maximum atomic E-state index is 5.87. The van der Waals surface area contributed by atoms with E-state index in [1.165, 1.54) is 10.9 Å². The van der Waals surface area contributed by atoms with Gasteiger partial charge in [-0.2, -0.15) is 0 Å². The lowest BCUT2D eigenvalue weighted by Crippen LogP contribution is -1.93. The quantitative estimate of drug-likeness (QED) is 0.334. The summed E-state index contributed by atoms with van der Waals surface area (Å²) in [4.78, 5) is 8.64. The van der Waals surface area contributed by atoms with Crippen molar-refractivity contribution in [2.75, 3.05) is 0 Å². The Bertz CT molecular complexity index is 1390. The number of hydrogen-bond donors (Lipinski definition) is 0. The predicted molar refractivity (Wildman–Crippen MR) is 115 cm³/mol. The number of fused-ring (bicyclic) bond motifs is 6. The number of furan rings is 1. The minimum absolute atomic E-state index is 0.672. The Morgan fingerprint density at radius 1 is 0.750 bits per heavy atom. The molecule has 6 rings (SSSR count). The van der Waals surface area contributed by atoms with Gasteiger partial charge in [-0.05, 0) is 42.5 Å². The van der Waals surface area contributed by atoms with E-state index in [1.54, 1.807) is 6.20 Å². The zero-order valence-corrected chi connectivity index (χ0v) is 15.8. The van der Waals surface area contributed by atoms with Gasteiger partial charge >= 0.3 is 0 Å². The van der Waals surface area contributed by atoms with Crippen LogP contribution in [0.5, 0.6) is 0 Å². The predicted octanol–water partition coefficient (Wildman–Crippen LogP) is 6.50. The van der Waals surface area contributed by atoms with E-state index in [0.717, 1.165) is 32.9 Å². The Morgan fingerprint density at radius 2 is 1.57 bits per heavy atom. The van der Waals surface area contributed by atoms with Crippen LogP contribution in [0.15, 0.2) is 83.7 Å². The van der Waals surface area contributed by atoms with Crippen molar-refractivity contribution in [2.45, 2.75) is 13.8 Å². The van der Waals surface area contributed by atoms with E-state index in [0.29, 0.717) is 5.71 Å². The van der Waals surface area contributed by atoms with Crippen LogP contribution in [0, 0.1) is 0 Å². The highest BCUT2D eigenvalue weighted by Crippen LogP contribution is 2.34. The molecule has 136 valence electrons. The van der Waals surface area contributed by atoms with Crippen molar-refractivity contribution in [1.82, 2.24) is 14.5 Å². The fraction of sp³-hybridized carbons (Fsp3) is 0.0833. The summed E-state index contributed by atoms with van der Waals surface area (Å²) in [5, 5.41) is 4.47. The maximum absolute atomic E-state index is 5.87. The molecule has 28 heavy (non-hydrogen) atoms. The van der Waals surface area contributed by atoms with Crippen molar-refractivity contribution in [1.29, 1.82) is 0 Å². The van der Waals surface area contributed by atoms with E-state index in [2.05, 4.69) is 57.0 Å². The molecule has 4 aromatic heterocycles. The molecule has 0 saturated heterocycles. The Balaban J connectivity index is 0.000000829. The molecule has 0 aliphatic rings. The summed E-state index contributed by atoms with van der Waals surface area (Å²) in [7, 11) is 0. The van der Waals surface area contributed by atoms with Crippen LogP contribution in [0.2, 0.25) is 0 Å². The average Bonchev–Trinajstić information content (AvgIpc) is 3.30. The molecule has 0 radical (unpaired) electrons. The number of para-hydroxylation sites is 1. The SMILES string of the molecule is CC.c1cnc2oc3ccc(-n4c5ccccc5c5cnccc54)cc3c2c1. The smallest absolute Gasteiger partial charge is 0.227 e. The molecule has 0 aliphatic carbocycles. The van der Waals surface area contributed by atoms with Crippen LogP contribution in [-0.4, -0.2) is 14.5 Å². The summed E-state index contributed by atoms with van der Waals surface area (Å²) in [6.07, 6.45) is 5.53. The largest absolute Gasteiger partial charge is 0.438 e. The van der Waals surface area contributed by atoms with Gasteiger partial charge in [0.25, 0.3) is 0 Å². The van der Waals surface area contributed by atoms with Crippen molar-refractivity contribution < 1.29 is 4.42 Å². The second-order valence-corrected chi connectivity index (χ2v) is 6.38. The van der Waals surface area contributed by atoms with Crippen molar-refractivity contribution in [2.24, 2.45) is 0 Å². The van der Waals surface area contributed by atoms with Gasteiger partial charge in [0.15, 0.2) is 0 Å². The number of rotatable bonds is 1. The van der Waals surface area contributed by atoms with Gasteiger partial charge in [0, 0.05) is 45.8 Å². The van der Waals surface area contributed by atoms with Crippen molar-refractivity contribution in [3.63, 3.8) is 0 Å². The minimum atomic E-state index is 0.672. The summed E-state index contributed by atoms with van der Waals surface area (Å²) >= 11 is 0. The van der Waals surface area contributed by atoms with Crippen LogP contribution in [0.1, 0.15) is 13.8 Å². The molecule has 0 aliphatic heterocycles. The topological polar surface area (TPSA) is 43.9 Å². The zero-order valence-electron chi connectivity index (χ0n) is 15.8. The maximum Gasteiger partial charge on any atom is 0.227 e. The van der Waals surface area contributed by atoms with Crippen LogP contribution in [0.3, 0.4) is 0 Å². The Morgan fingerprint density at radius 3 is 2.50 bits per heavy atom. The highest BCUT2D eigenvalue weighted by atomic mass is 16.3. The molecule has 0 spiro atoms. The van der Waals surface area contributed by atoms with E-state index < -0.39 is 0 Å². The van der Waals surface area contributed by atoms with Crippen LogP contribution in [0.25, 0.3) is 49.6 Å². The first kappa shape index (κ1) is 16.5. The van der Waals surface area contributed by atoms with Crippen LogP contribution in [0.4, 0.5) is 0 Å². The summed E-state index contributed by atoms with van der Waals surface area (Å²) in [5.41, 5.74) is 4.93. The molecule has 4 heteroatoms. The molecule has 0 saturated carbocycles. The van der Waals surface area contributed by atoms with E-state index >= 15 is 0 Å². The minimum Gasteiger partial charge on any atom is -0.438 e. The fourth-order valence-electron chi connectivity index (χ4n) is 3.83. The zero-order chi connectivity index (χ0) is 19.1. The lowest BCUT2D eigenvalue weighted by atomic mass is 10.1. The monoisotopic (exact) mass is 365 g/mol. The molecule has 0 amide bonds. The van der Waals surface area contributed by atoms with Gasteiger partial charge in [0.1, 0.15) is 5.58 Å². The molecule has 0 bridgehead atoms. The molecule has 4 heterocycles. The van der Waals surface area contributed by atoms with Gasteiger partial charge in [-0.3, -0.25) is 4.98 Å². The van der Waals surface area contributed by atoms with Gasteiger partial charge in [-0.1, -0.05) is 32.0 Å². The van der Waals surface area contributed by atoms with Crippen LogP contribution >= 0.6 is 0 Å². The van der Waals surface area contributed by atoms with E-state index in [4.69, 9.17) is 4.42 Å². The van der Waals surface area contributed by atoms with Gasteiger partial charge in [-0.25, -0.2) is 4.98 Å². The van der Waals surface area contributed by atoms with E-state index in [1.807, 2.05) is 44.4 Å². The van der Waals surface area contributed by atoms with E-state index in [9.17, 15) is 0 Å². The number of benzene rings is 2. The Hall–Kier alpha value is -3.66. The molecule has 0 unspecified atom stereocenters. The van der Waals surface area contributed by atoms with Crippen molar-refractivity contribution in [3.8, 4) is 5.69 Å². The number of hydrogen-bond acceptors (Lipinski definition) is 3. The molecule has 6 aromatic rings. The van der Waals surface area contributed by atoms with Gasteiger partial charge in [0.05, 0.1) is 11.0 Å². The second-order valence-electron chi connectivity index (χ2n) is 6.38. The van der Waals surface area contributed by atoms with Crippen LogP contribution < -0.4 is 0 Å².